The average molecular weight is 986 g/mol. The van der Waals surface area contributed by atoms with Gasteiger partial charge in [0.15, 0.2) is 0 Å². The smallest absolute Gasteiger partial charge is 0.268 e. The Morgan fingerprint density at radius 2 is 0.899 bits per heavy atom. The lowest BCUT2D eigenvalue weighted by atomic mass is 10.0. The summed E-state index contributed by atoms with van der Waals surface area (Å²) >= 11 is 0. The van der Waals surface area contributed by atoms with Crippen molar-refractivity contribution in [1.29, 1.82) is 0 Å². The number of amides is 1. The molecule has 9 heteroatoms. The minimum atomic E-state index is -4.61. The van der Waals surface area contributed by atoms with E-state index in [1.165, 1.54) is 148 Å². The zero-order valence-electron chi connectivity index (χ0n) is 45.5. The molecule has 8 nitrogen and oxygen atoms in total. The van der Waals surface area contributed by atoms with Gasteiger partial charge in [0.25, 0.3) is 7.82 Å². The fourth-order valence-electron chi connectivity index (χ4n) is 7.88. The summed E-state index contributed by atoms with van der Waals surface area (Å²) in [6.45, 7) is 4.51. The molecule has 0 rings (SSSR count). The van der Waals surface area contributed by atoms with E-state index in [1.54, 1.807) is 6.08 Å². The fourth-order valence-corrected chi connectivity index (χ4v) is 8.61. The highest BCUT2D eigenvalue weighted by Crippen LogP contribution is 2.38. The minimum absolute atomic E-state index is 0.0120. The third-order valence-corrected chi connectivity index (χ3v) is 13.3. The maximum atomic E-state index is 13.0. The van der Waals surface area contributed by atoms with Crippen molar-refractivity contribution in [2.75, 3.05) is 40.9 Å². The number of hydrogen-bond donors (Lipinski definition) is 2. The summed E-state index contributed by atoms with van der Waals surface area (Å²) in [5.41, 5.74) is 0. The number of unbranched alkanes of at least 4 members (excludes halogenated alkanes) is 26. The summed E-state index contributed by atoms with van der Waals surface area (Å²) in [7, 11) is 1.23. The summed E-state index contributed by atoms with van der Waals surface area (Å²) in [6, 6.07) is -0.915. The van der Waals surface area contributed by atoms with E-state index in [9.17, 15) is 19.4 Å². The molecule has 0 saturated heterocycles. The quantitative estimate of drug-likeness (QED) is 0.0272. The third-order valence-electron chi connectivity index (χ3n) is 12.3. The first-order valence-corrected chi connectivity index (χ1v) is 29.9. The molecule has 0 radical (unpaired) electrons. The average Bonchev–Trinajstić information content (AvgIpc) is 3.31. The second-order valence-corrected chi connectivity index (χ2v) is 21.7. The van der Waals surface area contributed by atoms with E-state index in [-0.39, 0.29) is 12.5 Å². The minimum Gasteiger partial charge on any atom is -0.756 e. The topological polar surface area (TPSA) is 108 Å². The normalized spacial score (nSPS) is 14.6. The van der Waals surface area contributed by atoms with Gasteiger partial charge in [-0.05, 0) is 83.5 Å². The van der Waals surface area contributed by atoms with Gasteiger partial charge >= 0.3 is 0 Å². The number of aliphatic hydroxyl groups excluding tert-OH is 1. The summed E-state index contributed by atoms with van der Waals surface area (Å²) in [5.74, 6) is -0.214. The number of likely N-dealkylation sites (N-methyl/N-ethyl adjacent to an activating group) is 1. The Morgan fingerprint density at radius 1 is 0.522 bits per heavy atom. The first-order chi connectivity index (χ1) is 33.5. The molecule has 0 aromatic heterocycles. The molecule has 0 fully saturated rings. The Kier molecular flexibility index (Phi) is 48.9. The number of rotatable bonds is 51. The van der Waals surface area contributed by atoms with Gasteiger partial charge in [-0.3, -0.25) is 9.36 Å². The number of nitrogens with zero attached hydrogens (tertiary/aromatic N) is 1. The van der Waals surface area contributed by atoms with Crippen LogP contribution in [0.2, 0.25) is 0 Å². The number of nitrogens with one attached hydrogen (secondary N) is 1. The maximum Gasteiger partial charge on any atom is 0.268 e. The van der Waals surface area contributed by atoms with Crippen molar-refractivity contribution >= 4 is 13.7 Å². The van der Waals surface area contributed by atoms with Gasteiger partial charge in [0.1, 0.15) is 13.2 Å². The SMILES string of the molecule is CC/C=C\C/C=C\C/C=C\C/C=C\CCCCCCCCCCCCCCCCC(=O)NC(COP(=O)([O-])OCC[N+](C)(C)C)C(O)/C=C/CC/C=C/CC/C=C/CCCCCCCCCCCC. The van der Waals surface area contributed by atoms with Crippen LogP contribution in [0.15, 0.2) is 85.1 Å². The molecule has 3 atom stereocenters. The van der Waals surface area contributed by atoms with E-state index in [1.807, 2.05) is 27.2 Å². The van der Waals surface area contributed by atoms with E-state index < -0.39 is 26.6 Å². The van der Waals surface area contributed by atoms with Gasteiger partial charge in [-0.25, -0.2) is 0 Å². The number of phosphoric ester groups is 1. The Labute approximate surface area is 426 Å². The van der Waals surface area contributed by atoms with Crippen LogP contribution >= 0.6 is 7.82 Å². The highest BCUT2D eigenvalue weighted by molar-refractivity contribution is 7.45. The number of phosphoric acid groups is 1. The van der Waals surface area contributed by atoms with Crippen molar-refractivity contribution in [1.82, 2.24) is 5.32 Å². The Morgan fingerprint density at radius 3 is 1.35 bits per heavy atom. The van der Waals surface area contributed by atoms with E-state index >= 15 is 0 Å². The number of carbonyl (C=O) groups excluding carboxylic acids is 1. The van der Waals surface area contributed by atoms with Gasteiger partial charge < -0.3 is 28.8 Å². The van der Waals surface area contributed by atoms with Crippen molar-refractivity contribution in [3.63, 3.8) is 0 Å². The van der Waals surface area contributed by atoms with Gasteiger partial charge in [0.2, 0.25) is 5.91 Å². The molecule has 0 spiro atoms. The van der Waals surface area contributed by atoms with Crippen LogP contribution in [0.5, 0.6) is 0 Å². The summed E-state index contributed by atoms with van der Waals surface area (Å²) < 4.78 is 23.3. The molecular formula is C60H109N2O6P. The number of carbonyl (C=O) groups is 1. The van der Waals surface area contributed by atoms with Gasteiger partial charge in [-0.15, -0.1) is 0 Å². The van der Waals surface area contributed by atoms with E-state index in [4.69, 9.17) is 9.05 Å². The third kappa shape index (κ3) is 53.3. The second kappa shape index (κ2) is 50.6. The molecule has 0 aromatic carbocycles. The van der Waals surface area contributed by atoms with Gasteiger partial charge in [-0.2, -0.15) is 0 Å². The van der Waals surface area contributed by atoms with Gasteiger partial charge in [-0.1, -0.05) is 234 Å². The van der Waals surface area contributed by atoms with Crippen LogP contribution in [-0.4, -0.2) is 68.5 Å². The van der Waals surface area contributed by atoms with Crippen LogP contribution in [0.1, 0.15) is 239 Å². The number of hydrogen-bond acceptors (Lipinski definition) is 6. The van der Waals surface area contributed by atoms with Gasteiger partial charge in [0.05, 0.1) is 39.9 Å². The van der Waals surface area contributed by atoms with E-state index in [0.29, 0.717) is 17.4 Å². The molecule has 0 heterocycles. The Balaban J connectivity index is 4.27. The monoisotopic (exact) mass is 985 g/mol. The maximum absolute atomic E-state index is 13.0. The molecule has 0 aromatic rings. The molecule has 400 valence electrons. The van der Waals surface area contributed by atoms with Crippen molar-refractivity contribution in [2.45, 2.75) is 251 Å². The second-order valence-electron chi connectivity index (χ2n) is 20.2. The summed E-state index contributed by atoms with van der Waals surface area (Å²) in [6.07, 6.45) is 70.9. The number of quaternary nitrogens is 1. The van der Waals surface area contributed by atoms with Crippen LogP contribution in [0.4, 0.5) is 0 Å². The fraction of sp³-hybridized carbons (Fsp3) is 0.750. The van der Waals surface area contributed by atoms with Crippen LogP contribution in [-0.2, 0) is 18.4 Å². The summed E-state index contributed by atoms with van der Waals surface area (Å²) in [5, 5.41) is 13.9. The highest BCUT2D eigenvalue weighted by Gasteiger charge is 2.23. The Bertz CT molecular complexity index is 1400. The lowest BCUT2D eigenvalue weighted by Crippen LogP contribution is -2.45. The van der Waals surface area contributed by atoms with Crippen molar-refractivity contribution in [3.05, 3.63) is 85.1 Å². The molecule has 3 unspecified atom stereocenters. The number of allylic oxidation sites excluding steroid dienone is 13. The molecule has 0 aliphatic carbocycles. The van der Waals surface area contributed by atoms with E-state index in [2.05, 4.69) is 92.1 Å². The van der Waals surface area contributed by atoms with Crippen LogP contribution in [0, 0.1) is 0 Å². The van der Waals surface area contributed by atoms with E-state index in [0.717, 1.165) is 70.6 Å². The van der Waals surface area contributed by atoms with Crippen LogP contribution in [0.3, 0.4) is 0 Å². The van der Waals surface area contributed by atoms with Crippen molar-refractivity contribution in [2.24, 2.45) is 0 Å². The zero-order chi connectivity index (χ0) is 50.6. The van der Waals surface area contributed by atoms with Crippen LogP contribution in [0.25, 0.3) is 0 Å². The largest absolute Gasteiger partial charge is 0.756 e. The standard InChI is InChI=1S/C60H109N2O6P/c1-6-8-10-12-14-16-18-20-22-24-26-28-29-30-31-32-33-34-36-38-40-42-44-46-48-50-52-54-60(64)61-58(57-68-69(65,66)67-56-55-62(3,4)5)59(63)53-51-49-47-45-43-41-39-37-35-27-25-23-21-19-17-15-13-11-9-7-2/h8,10,14,16,20,22,26,28,35,37,43,45,51,53,58-59,63H,6-7,9,11-13,15,17-19,21,23-25,27,29-34,36,38-42,44,46-50,52,54-57H2,1-5H3,(H-,61,64,65,66)/b10-8-,16-14-,22-20-,28-26-,37-35+,45-43+,53-51+. The molecule has 2 N–H and O–H groups in total. The predicted molar refractivity (Wildman–Crippen MR) is 297 cm³/mol. The lowest BCUT2D eigenvalue weighted by molar-refractivity contribution is -0.870. The van der Waals surface area contributed by atoms with Crippen LogP contribution < -0.4 is 10.2 Å². The lowest BCUT2D eigenvalue weighted by Gasteiger charge is -2.29. The van der Waals surface area contributed by atoms with Crippen molar-refractivity contribution < 1.29 is 32.9 Å². The molecule has 0 saturated carbocycles. The summed E-state index contributed by atoms with van der Waals surface area (Å²) in [4.78, 5) is 25.5. The van der Waals surface area contributed by atoms with Crippen molar-refractivity contribution in [3.8, 4) is 0 Å². The molecule has 0 bridgehead atoms. The Hall–Kier alpha value is -2.32. The first-order valence-electron chi connectivity index (χ1n) is 28.4. The number of aliphatic hydroxyl groups is 1. The molecule has 69 heavy (non-hydrogen) atoms. The molecular weight excluding hydrogens is 876 g/mol. The molecule has 1 amide bonds. The van der Waals surface area contributed by atoms with Gasteiger partial charge in [0, 0.05) is 6.42 Å². The first kappa shape index (κ1) is 66.7. The predicted octanol–water partition coefficient (Wildman–Crippen LogP) is 16.6. The highest BCUT2D eigenvalue weighted by atomic mass is 31.2. The zero-order valence-corrected chi connectivity index (χ0v) is 46.4. The molecule has 0 aliphatic heterocycles. The molecule has 0 aliphatic rings.